The smallest absolute Gasteiger partial charge is 0.322 e. The van der Waals surface area contributed by atoms with Crippen LogP contribution in [-0.4, -0.2) is 22.6 Å². The molecule has 23 heavy (non-hydrogen) atoms. The molecule has 0 spiro atoms. The van der Waals surface area contributed by atoms with Crippen molar-refractivity contribution in [1.82, 2.24) is 10.1 Å². The number of carbonyl (C=O) groups excluding carboxylic acids is 1. The van der Waals surface area contributed by atoms with Gasteiger partial charge in [0.1, 0.15) is 0 Å². The van der Waals surface area contributed by atoms with Crippen LogP contribution >= 0.6 is 15.9 Å². The highest BCUT2D eigenvalue weighted by molar-refractivity contribution is 9.10. The number of likely N-dealkylation sites (tertiary alicyclic amines) is 1. The van der Waals surface area contributed by atoms with E-state index in [2.05, 4.69) is 40.3 Å². The van der Waals surface area contributed by atoms with E-state index in [1.807, 2.05) is 35.2 Å². The fourth-order valence-electron chi connectivity index (χ4n) is 2.77. The average Bonchev–Trinajstić information content (AvgIpc) is 3.17. The largest absolute Gasteiger partial charge is 0.359 e. The lowest BCUT2D eigenvalue weighted by Gasteiger charge is -2.23. The van der Waals surface area contributed by atoms with Crippen LogP contribution in [0.1, 0.15) is 50.1 Å². The Hall–Kier alpha value is -1.82. The van der Waals surface area contributed by atoms with E-state index in [9.17, 15) is 4.79 Å². The van der Waals surface area contributed by atoms with Crippen LogP contribution in [0.15, 0.2) is 39.3 Å². The van der Waals surface area contributed by atoms with Crippen molar-refractivity contribution in [3.05, 3.63) is 46.3 Å². The summed E-state index contributed by atoms with van der Waals surface area (Å²) >= 11 is 3.39. The fraction of sp³-hybridized carbons (Fsp3) is 0.412. The first-order valence-corrected chi connectivity index (χ1v) is 8.63. The van der Waals surface area contributed by atoms with Crippen LogP contribution in [0.25, 0.3) is 0 Å². The van der Waals surface area contributed by atoms with Crippen molar-refractivity contribution in [3.63, 3.8) is 0 Å². The Morgan fingerprint density at radius 2 is 2.13 bits per heavy atom. The van der Waals surface area contributed by atoms with Crippen molar-refractivity contribution >= 4 is 27.6 Å². The number of hydrogen-bond donors (Lipinski definition) is 1. The summed E-state index contributed by atoms with van der Waals surface area (Å²) in [6.07, 6.45) is 1.87. The molecule has 1 aromatic carbocycles. The molecule has 2 heterocycles. The first-order chi connectivity index (χ1) is 11.0. The minimum absolute atomic E-state index is 0.0366. The zero-order valence-corrected chi connectivity index (χ0v) is 14.8. The Morgan fingerprint density at radius 3 is 2.78 bits per heavy atom. The van der Waals surface area contributed by atoms with E-state index in [0.717, 1.165) is 41.0 Å². The van der Waals surface area contributed by atoms with Crippen LogP contribution in [0.5, 0.6) is 0 Å². The van der Waals surface area contributed by atoms with Gasteiger partial charge in [0.15, 0.2) is 5.76 Å². The second-order valence-electron chi connectivity index (χ2n) is 6.10. The molecule has 2 amide bonds. The van der Waals surface area contributed by atoms with Crippen LogP contribution in [0.4, 0.5) is 10.5 Å². The molecule has 0 bridgehead atoms. The van der Waals surface area contributed by atoms with Gasteiger partial charge in [-0.05, 0) is 43.0 Å². The number of hydrogen-bond acceptors (Lipinski definition) is 3. The molecule has 1 aliphatic heterocycles. The van der Waals surface area contributed by atoms with E-state index < -0.39 is 0 Å². The number of urea groups is 1. The van der Waals surface area contributed by atoms with E-state index in [1.54, 1.807) is 0 Å². The molecule has 1 atom stereocenters. The zero-order chi connectivity index (χ0) is 16.4. The van der Waals surface area contributed by atoms with E-state index in [-0.39, 0.29) is 12.1 Å². The SMILES string of the molecule is CC(C)c1cc([C@H]2CCCN2C(=O)Nc2ccc(Br)cc2)on1. The molecular formula is C17H20BrN3O2. The lowest BCUT2D eigenvalue weighted by molar-refractivity contribution is 0.195. The molecule has 1 saturated heterocycles. The predicted octanol–water partition coefficient (Wildman–Crippen LogP) is 4.93. The van der Waals surface area contributed by atoms with Crippen LogP contribution in [0.3, 0.4) is 0 Å². The molecule has 1 fully saturated rings. The minimum atomic E-state index is -0.0997. The maximum Gasteiger partial charge on any atom is 0.322 e. The van der Waals surface area contributed by atoms with Crippen LogP contribution < -0.4 is 5.32 Å². The third kappa shape index (κ3) is 3.58. The van der Waals surface area contributed by atoms with E-state index in [1.165, 1.54) is 0 Å². The lowest BCUT2D eigenvalue weighted by Crippen LogP contribution is -2.34. The highest BCUT2D eigenvalue weighted by Crippen LogP contribution is 2.33. The zero-order valence-electron chi connectivity index (χ0n) is 13.3. The quantitative estimate of drug-likeness (QED) is 0.824. The Bertz CT molecular complexity index is 681. The van der Waals surface area contributed by atoms with Gasteiger partial charge in [-0.25, -0.2) is 4.79 Å². The summed E-state index contributed by atoms with van der Waals surface area (Å²) in [5.41, 5.74) is 1.71. The van der Waals surface area contributed by atoms with Gasteiger partial charge in [-0.3, -0.25) is 0 Å². The Morgan fingerprint density at radius 1 is 1.39 bits per heavy atom. The molecule has 2 aromatic rings. The molecule has 0 saturated carbocycles. The summed E-state index contributed by atoms with van der Waals surface area (Å²) in [5.74, 6) is 1.09. The second-order valence-corrected chi connectivity index (χ2v) is 7.01. The molecular weight excluding hydrogens is 358 g/mol. The minimum Gasteiger partial charge on any atom is -0.359 e. The monoisotopic (exact) mass is 377 g/mol. The molecule has 0 radical (unpaired) electrons. The molecule has 122 valence electrons. The van der Waals surface area contributed by atoms with Crippen molar-refractivity contribution in [2.24, 2.45) is 0 Å². The van der Waals surface area contributed by atoms with E-state index in [4.69, 9.17) is 4.52 Å². The van der Waals surface area contributed by atoms with E-state index in [0.29, 0.717) is 5.92 Å². The Labute approximate surface area is 144 Å². The topological polar surface area (TPSA) is 58.4 Å². The summed E-state index contributed by atoms with van der Waals surface area (Å²) in [5, 5.41) is 7.05. The van der Waals surface area contributed by atoms with Gasteiger partial charge in [0, 0.05) is 22.8 Å². The number of nitrogens with zero attached hydrogens (tertiary/aromatic N) is 2. The molecule has 1 aliphatic rings. The maximum absolute atomic E-state index is 12.6. The summed E-state index contributed by atoms with van der Waals surface area (Å²) in [6, 6.07) is 9.39. The van der Waals surface area contributed by atoms with E-state index >= 15 is 0 Å². The molecule has 6 heteroatoms. The van der Waals surface area contributed by atoms with Crippen molar-refractivity contribution in [1.29, 1.82) is 0 Å². The molecule has 0 aliphatic carbocycles. The van der Waals surface area contributed by atoms with Crippen molar-refractivity contribution in [2.45, 2.75) is 38.6 Å². The number of nitrogens with one attached hydrogen (secondary N) is 1. The van der Waals surface area contributed by atoms with Gasteiger partial charge in [-0.1, -0.05) is 34.9 Å². The first kappa shape index (κ1) is 16.1. The second kappa shape index (κ2) is 6.74. The van der Waals surface area contributed by atoms with Gasteiger partial charge in [-0.15, -0.1) is 0 Å². The summed E-state index contributed by atoms with van der Waals surface area (Å²) in [4.78, 5) is 14.4. The normalized spacial score (nSPS) is 17.7. The number of aromatic nitrogens is 1. The first-order valence-electron chi connectivity index (χ1n) is 7.84. The highest BCUT2D eigenvalue weighted by Gasteiger charge is 2.33. The Kier molecular flexibility index (Phi) is 4.71. The number of amides is 2. The number of anilines is 1. The average molecular weight is 378 g/mol. The predicted molar refractivity (Wildman–Crippen MR) is 92.4 cm³/mol. The van der Waals surface area contributed by atoms with Gasteiger partial charge < -0.3 is 14.7 Å². The van der Waals surface area contributed by atoms with Crippen LogP contribution in [-0.2, 0) is 0 Å². The molecule has 5 nitrogen and oxygen atoms in total. The summed E-state index contributed by atoms with van der Waals surface area (Å²) in [7, 11) is 0. The third-order valence-electron chi connectivity index (χ3n) is 4.08. The van der Waals surface area contributed by atoms with Crippen molar-refractivity contribution in [3.8, 4) is 0 Å². The van der Waals surface area contributed by atoms with Gasteiger partial charge in [0.05, 0.1) is 11.7 Å². The molecule has 1 N–H and O–H groups in total. The van der Waals surface area contributed by atoms with Gasteiger partial charge >= 0.3 is 6.03 Å². The standard InChI is InChI=1S/C17H20BrN3O2/c1-11(2)14-10-16(23-20-14)15-4-3-9-21(15)17(22)19-13-7-5-12(18)6-8-13/h5-8,10-11,15H,3-4,9H2,1-2H3,(H,19,22)/t15-/m1/s1. The Balaban J connectivity index is 1.72. The number of halogens is 1. The number of benzene rings is 1. The van der Waals surface area contributed by atoms with Crippen molar-refractivity contribution < 1.29 is 9.32 Å². The summed E-state index contributed by atoms with van der Waals surface area (Å²) in [6.45, 7) is 4.88. The van der Waals surface area contributed by atoms with Crippen LogP contribution in [0, 0.1) is 0 Å². The summed E-state index contributed by atoms with van der Waals surface area (Å²) < 4.78 is 6.46. The lowest BCUT2D eigenvalue weighted by atomic mass is 10.1. The highest BCUT2D eigenvalue weighted by atomic mass is 79.9. The number of carbonyl (C=O) groups is 1. The maximum atomic E-state index is 12.6. The molecule has 1 aromatic heterocycles. The van der Waals surface area contributed by atoms with Gasteiger partial charge in [-0.2, -0.15) is 0 Å². The fourth-order valence-corrected chi connectivity index (χ4v) is 3.03. The van der Waals surface area contributed by atoms with Crippen molar-refractivity contribution in [2.75, 3.05) is 11.9 Å². The molecule has 0 unspecified atom stereocenters. The third-order valence-corrected chi connectivity index (χ3v) is 4.60. The molecule has 3 rings (SSSR count). The van der Waals surface area contributed by atoms with Gasteiger partial charge in [0.2, 0.25) is 0 Å². The van der Waals surface area contributed by atoms with Crippen LogP contribution in [0.2, 0.25) is 0 Å². The number of rotatable bonds is 3. The van der Waals surface area contributed by atoms with Gasteiger partial charge in [0.25, 0.3) is 0 Å².